The minimum absolute atomic E-state index is 0.0628. The Balaban J connectivity index is 2.04. The molecule has 0 unspecified atom stereocenters. The topological polar surface area (TPSA) is 29.1 Å². The predicted octanol–water partition coefficient (Wildman–Crippen LogP) is 4.31. The highest BCUT2D eigenvalue weighted by atomic mass is 35.5. The lowest BCUT2D eigenvalue weighted by molar-refractivity contribution is 0.101. The van der Waals surface area contributed by atoms with Crippen LogP contribution in [-0.2, 0) is 0 Å². The van der Waals surface area contributed by atoms with E-state index in [1.54, 1.807) is 12.1 Å². The summed E-state index contributed by atoms with van der Waals surface area (Å²) in [5.41, 5.74) is 3.40. The first-order valence-corrected chi connectivity index (χ1v) is 6.86. The van der Waals surface area contributed by atoms with Crippen LogP contribution in [0.15, 0.2) is 30.3 Å². The van der Waals surface area contributed by atoms with Crippen LogP contribution in [0.25, 0.3) is 0 Å². The van der Waals surface area contributed by atoms with E-state index in [1.807, 2.05) is 19.1 Å². The second-order valence-electron chi connectivity index (χ2n) is 4.13. The number of aryl methyl sites for hydroxylation is 1. The largest absolute Gasteiger partial charge is 0.377 e. The van der Waals surface area contributed by atoms with Crippen molar-refractivity contribution in [3.05, 3.63) is 50.7 Å². The van der Waals surface area contributed by atoms with Gasteiger partial charge in [0, 0.05) is 5.69 Å². The van der Waals surface area contributed by atoms with Gasteiger partial charge in [-0.1, -0.05) is 23.7 Å². The van der Waals surface area contributed by atoms with Gasteiger partial charge in [0.15, 0.2) is 5.78 Å². The number of ketones is 1. The number of Topliss-reactive ketones (excluding diaryl/α,β-unsaturated/α-hetero) is 1. The maximum Gasteiger partial charge on any atom is 0.191 e. The summed E-state index contributed by atoms with van der Waals surface area (Å²) in [6, 6.07) is 9.53. The monoisotopic (exact) mass is 279 g/mol. The normalized spacial score (nSPS) is 10.4. The summed E-state index contributed by atoms with van der Waals surface area (Å²) in [6.45, 7) is 4.40. The van der Waals surface area contributed by atoms with E-state index in [4.69, 9.17) is 11.6 Å². The van der Waals surface area contributed by atoms with Crippen molar-refractivity contribution in [3.63, 3.8) is 0 Å². The van der Waals surface area contributed by atoms with Gasteiger partial charge in [0.25, 0.3) is 0 Å². The minimum Gasteiger partial charge on any atom is -0.377 e. The van der Waals surface area contributed by atoms with Gasteiger partial charge in [-0.3, -0.25) is 4.79 Å². The van der Waals surface area contributed by atoms with Crippen molar-refractivity contribution in [1.82, 2.24) is 0 Å². The SMILES string of the molecule is Cc1cccc(NCC(=O)c2ccc(Cl)s2)c1C. The summed E-state index contributed by atoms with van der Waals surface area (Å²) in [5, 5.41) is 3.18. The average molecular weight is 280 g/mol. The second kappa shape index (κ2) is 5.55. The highest BCUT2D eigenvalue weighted by Gasteiger charge is 2.09. The fourth-order valence-corrected chi connectivity index (χ4v) is 2.65. The molecule has 2 rings (SSSR count). The van der Waals surface area contributed by atoms with Crippen LogP contribution < -0.4 is 5.32 Å². The van der Waals surface area contributed by atoms with Crippen molar-refractivity contribution in [2.24, 2.45) is 0 Å². The molecule has 0 radical (unpaired) electrons. The third kappa shape index (κ3) is 2.92. The van der Waals surface area contributed by atoms with Gasteiger partial charge in [0.05, 0.1) is 15.8 Å². The zero-order chi connectivity index (χ0) is 13.1. The molecule has 0 bridgehead atoms. The lowest BCUT2D eigenvalue weighted by Crippen LogP contribution is -2.13. The first-order chi connectivity index (χ1) is 8.58. The molecule has 2 aromatic rings. The van der Waals surface area contributed by atoms with Gasteiger partial charge in [0.2, 0.25) is 0 Å². The Hall–Kier alpha value is -1.32. The van der Waals surface area contributed by atoms with Crippen LogP contribution in [0.1, 0.15) is 20.8 Å². The summed E-state index contributed by atoms with van der Waals surface area (Å²) >= 11 is 7.13. The van der Waals surface area contributed by atoms with Gasteiger partial charge in [-0.25, -0.2) is 0 Å². The summed E-state index contributed by atoms with van der Waals surface area (Å²) in [5.74, 6) is 0.0628. The minimum atomic E-state index is 0.0628. The fourth-order valence-electron chi connectivity index (χ4n) is 1.67. The lowest BCUT2D eigenvalue weighted by atomic mass is 10.1. The molecule has 0 amide bonds. The van der Waals surface area contributed by atoms with Crippen molar-refractivity contribution in [1.29, 1.82) is 0 Å². The Morgan fingerprint density at radius 2 is 2.06 bits per heavy atom. The van der Waals surface area contributed by atoms with E-state index in [0.717, 1.165) is 5.69 Å². The summed E-state index contributed by atoms with van der Waals surface area (Å²) in [7, 11) is 0. The van der Waals surface area contributed by atoms with Gasteiger partial charge in [-0.05, 0) is 43.2 Å². The summed E-state index contributed by atoms with van der Waals surface area (Å²) in [6.07, 6.45) is 0. The summed E-state index contributed by atoms with van der Waals surface area (Å²) in [4.78, 5) is 12.6. The highest BCUT2D eigenvalue weighted by molar-refractivity contribution is 7.18. The van der Waals surface area contributed by atoms with Crippen LogP contribution >= 0.6 is 22.9 Å². The Morgan fingerprint density at radius 3 is 2.72 bits per heavy atom. The fraction of sp³-hybridized carbons (Fsp3) is 0.214. The number of hydrogen-bond acceptors (Lipinski definition) is 3. The number of benzene rings is 1. The molecule has 4 heteroatoms. The molecule has 18 heavy (non-hydrogen) atoms. The summed E-state index contributed by atoms with van der Waals surface area (Å²) < 4.78 is 0.644. The molecule has 0 fully saturated rings. The van der Waals surface area contributed by atoms with E-state index in [0.29, 0.717) is 15.8 Å². The van der Waals surface area contributed by atoms with Crippen LogP contribution in [0.2, 0.25) is 4.34 Å². The Labute approximate surface area is 116 Å². The lowest BCUT2D eigenvalue weighted by Gasteiger charge is -2.10. The van der Waals surface area contributed by atoms with E-state index < -0.39 is 0 Å². The standard InChI is InChI=1S/C14H14ClNOS/c1-9-4-3-5-11(10(9)2)16-8-12(17)13-6-7-14(15)18-13/h3-7,16H,8H2,1-2H3. The van der Waals surface area contributed by atoms with Gasteiger partial charge in [0.1, 0.15) is 0 Å². The molecule has 2 nitrogen and oxygen atoms in total. The van der Waals surface area contributed by atoms with E-state index in [2.05, 4.69) is 18.3 Å². The second-order valence-corrected chi connectivity index (χ2v) is 5.84. The van der Waals surface area contributed by atoms with Gasteiger partial charge >= 0.3 is 0 Å². The maximum atomic E-state index is 11.9. The number of thiophene rings is 1. The molecule has 1 heterocycles. The van der Waals surface area contributed by atoms with E-state index in [-0.39, 0.29) is 5.78 Å². The van der Waals surface area contributed by atoms with Crippen LogP contribution in [0.3, 0.4) is 0 Å². The highest BCUT2D eigenvalue weighted by Crippen LogP contribution is 2.22. The molecule has 0 atom stereocenters. The zero-order valence-electron chi connectivity index (χ0n) is 10.3. The van der Waals surface area contributed by atoms with Crippen molar-refractivity contribution in [2.45, 2.75) is 13.8 Å². The van der Waals surface area contributed by atoms with Crippen molar-refractivity contribution in [3.8, 4) is 0 Å². The quantitative estimate of drug-likeness (QED) is 0.845. The molecule has 1 N–H and O–H groups in total. The number of carbonyl (C=O) groups is 1. The maximum absolute atomic E-state index is 11.9. The van der Waals surface area contributed by atoms with Crippen molar-refractivity contribution in [2.75, 3.05) is 11.9 Å². The van der Waals surface area contributed by atoms with E-state index >= 15 is 0 Å². The van der Waals surface area contributed by atoms with Gasteiger partial charge in [-0.15, -0.1) is 11.3 Å². The molecule has 0 spiro atoms. The molecule has 1 aromatic carbocycles. The predicted molar refractivity (Wildman–Crippen MR) is 78.1 cm³/mol. The third-order valence-electron chi connectivity index (χ3n) is 2.89. The van der Waals surface area contributed by atoms with Crippen LogP contribution in [0.5, 0.6) is 0 Å². The number of hydrogen-bond donors (Lipinski definition) is 1. The number of halogens is 1. The third-order valence-corrected chi connectivity index (χ3v) is 4.16. The first kappa shape index (κ1) is 13.1. The van der Waals surface area contributed by atoms with Crippen LogP contribution in [0, 0.1) is 13.8 Å². The molecule has 0 aliphatic carbocycles. The number of nitrogens with one attached hydrogen (secondary N) is 1. The van der Waals surface area contributed by atoms with Gasteiger partial charge in [-0.2, -0.15) is 0 Å². The van der Waals surface area contributed by atoms with Crippen molar-refractivity contribution >= 4 is 34.4 Å². The molecule has 1 aromatic heterocycles. The molecule has 0 aliphatic heterocycles. The zero-order valence-corrected chi connectivity index (χ0v) is 11.9. The van der Waals surface area contributed by atoms with Crippen molar-refractivity contribution < 1.29 is 4.79 Å². The smallest absolute Gasteiger partial charge is 0.191 e. The van der Waals surface area contributed by atoms with E-state index in [9.17, 15) is 4.79 Å². The number of rotatable bonds is 4. The van der Waals surface area contributed by atoms with Crippen LogP contribution in [0.4, 0.5) is 5.69 Å². The molecule has 0 saturated heterocycles. The average Bonchev–Trinajstić information content (AvgIpc) is 2.77. The molecular formula is C14H14ClNOS. The molecule has 0 aliphatic rings. The van der Waals surface area contributed by atoms with Gasteiger partial charge < -0.3 is 5.32 Å². The van der Waals surface area contributed by atoms with Crippen LogP contribution in [-0.4, -0.2) is 12.3 Å². The molecular weight excluding hydrogens is 266 g/mol. The Morgan fingerprint density at radius 1 is 1.28 bits per heavy atom. The Bertz CT molecular complexity index is 577. The number of anilines is 1. The van der Waals surface area contributed by atoms with E-state index in [1.165, 1.54) is 22.5 Å². The molecule has 0 saturated carbocycles. The number of carbonyl (C=O) groups excluding carboxylic acids is 1. The molecule has 94 valence electrons. The first-order valence-electron chi connectivity index (χ1n) is 5.66. The Kier molecular flexibility index (Phi) is 4.04.